The number of esters is 1. The van der Waals surface area contributed by atoms with Gasteiger partial charge in [0.25, 0.3) is 11.8 Å². The van der Waals surface area contributed by atoms with Gasteiger partial charge in [0, 0.05) is 0 Å². The largest absolute Gasteiger partial charge is 0.493 e. The number of rotatable bonds is 4. The molecule has 0 radical (unpaired) electrons. The first kappa shape index (κ1) is 19.5. The van der Waals surface area contributed by atoms with Crippen molar-refractivity contribution in [1.82, 2.24) is 10.6 Å². The minimum atomic E-state index is -0.644. The van der Waals surface area contributed by atoms with Gasteiger partial charge in [-0.25, -0.2) is 4.79 Å². The van der Waals surface area contributed by atoms with Crippen molar-refractivity contribution in [2.45, 2.75) is 0 Å². The van der Waals surface area contributed by atoms with E-state index in [2.05, 4.69) is 10.6 Å². The molecule has 142 valence electrons. The molecule has 2 aromatic carbocycles. The van der Waals surface area contributed by atoms with E-state index in [1.165, 1.54) is 25.3 Å². The second kappa shape index (κ2) is 8.20. The van der Waals surface area contributed by atoms with Gasteiger partial charge in [-0.05, 0) is 48.1 Å². The molecule has 1 aliphatic rings. The lowest BCUT2D eigenvalue weighted by Gasteiger charge is -2.16. The predicted octanol–water partition coefficient (Wildman–Crippen LogP) is 2.48. The summed E-state index contributed by atoms with van der Waals surface area (Å²) < 4.78 is 10.6. The normalized spacial score (nSPS) is 13.5. The van der Waals surface area contributed by atoms with E-state index in [1.54, 1.807) is 30.3 Å². The van der Waals surface area contributed by atoms with Crippen LogP contribution in [-0.2, 0) is 9.59 Å². The third-order valence-electron chi connectivity index (χ3n) is 3.74. The highest BCUT2D eigenvalue weighted by Crippen LogP contribution is 2.30. The monoisotopic (exact) mass is 416 g/mol. The molecule has 0 unspecified atom stereocenters. The van der Waals surface area contributed by atoms with Crippen LogP contribution in [0, 0.1) is 0 Å². The smallest absolute Gasteiger partial charge is 0.345 e. The molecule has 28 heavy (non-hydrogen) atoms. The van der Waals surface area contributed by atoms with Crippen molar-refractivity contribution in [3.8, 4) is 11.5 Å². The molecule has 9 heteroatoms. The number of amides is 2. The van der Waals surface area contributed by atoms with Crippen LogP contribution in [0.25, 0.3) is 6.08 Å². The van der Waals surface area contributed by atoms with Crippen LogP contribution in [0.4, 0.5) is 0 Å². The molecule has 2 amide bonds. The minimum Gasteiger partial charge on any atom is -0.493 e. The molecule has 0 bridgehead atoms. The molecule has 1 heterocycles. The third-order valence-corrected chi connectivity index (χ3v) is 4.27. The second-order valence-corrected chi connectivity index (χ2v) is 6.39. The SMILES string of the molecule is COc1cc(C=C2C(=O)NC(=S)NC2=O)ccc1OC(=O)c1ccccc1Cl. The topological polar surface area (TPSA) is 93.7 Å². The number of hydrogen-bond donors (Lipinski definition) is 2. The summed E-state index contributed by atoms with van der Waals surface area (Å²) in [6.07, 6.45) is 1.37. The molecular weight excluding hydrogens is 404 g/mol. The lowest BCUT2D eigenvalue weighted by atomic mass is 10.1. The third kappa shape index (κ3) is 4.19. The number of thiocarbonyl (C=S) groups is 1. The highest BCUT2D eigenvalue weighted by atomic mass is 35.5. The number of nitrogens with one attached hydrogen (secondary N) is 2. The summed E-state index contributed by atoms with van der Waals surface area (Å²) in [6, 6.07) is 11.1. The van der Waals surface area contributed by atoms with Crippen molar-refractivity contribution in [1.29, 1.82) is 0 Å². The molecule has 2 aromatic rings. The maximum atomic E-state index is 12.3. The number of methoxy groups -OCH3 is 1. The van der Waals surface area contributed by atoms with Crippen LogP contribution >= 0.6 is 23.8 Å². The first-order valence-corrected chi connectivity index (χ1v) is 8.71. The van der Waals surface area contributed by atoms with Crippen LogP contribution in [0.3, 0.4) is 0 Å². The first-order chi connectivity index (χ1) is 13.4. The van der Waals surface area contributed by atoms with Crippen molar-refractivity contribution in [3.05, 3.63) is 64.2 Å². The van der Waals surface area contributed by atoms with E-state index in [1.807, 2.05) is 0 Å². The van der Waals surface area contributed by atoms with E-state index in [4.69, 9.17) is 33.3 Å². The molecule has 0 spiro atoms. The summed E-state index contributed by atoms with van der Waals surface area (Å²) in [5.74, 6) is -1.46. The number of hydrogen-bond acceptors (Lipinski definition) is 6. The Labute approximate surface area is 170 Å². The van der Waals surface area contributed by atoms with Gasteiger partial charge < -0.3 is 9.47 Å². The van der Waals surface area contributed by atoms with Gasteiger partial charge in [-0.3, -0.25) is 20.2 Å². The Bertz CT molecular complexity index is 1010. The second-order valence-electron chi connectivity index (χ2n) is 5.58. The maximum absolute atomic E-state index is 12.3. The molecule has 0 atom stereocenters. The Morgan fingerprint density at radius 3 is 2.39 bits per heavy atom. The number of benzene rings is 2. The molecule has 0 aliphatic carbocycles. The number of halogens is 1. The van der Waals surface area contributed by atoms with Crippen LogP contribution in [0.1, 0.15) is 15.9 Å². The molecule has 1 fully saturated rings. The molecule has 0 saturated carbocycles. The number of carbonyl (C=O) groups is 3. The van der Waals surface area contributed by atoms with Gasteiger partial charge >= 0.3 is 5.97 Å². The Morgan fingerprint density at radius 1 is 1.07 bits per heavy atom. The molecule has 0 aromatic heterocycles. The molecular formula is C19H13ClN2O5S. The average molecular weight is 417 g/mol. The zero-order valence-corrected chi connectivity index (χ0v) is 16.0. The lowest BCUT2D eigenvalue weighted by Crippen LogP contribution is -2.51. The van der Waals surface area contributed by atoms with E-state index in [9.17, 15) is 14.4 Å². The van der Waals surface area contributed by atoms with Crippen molar-refractivity contribution in [2.75, 3.05) is 7.11 Å². The Balaban J connectivity index is 1.87. The minimum absolute atomic E-state index is 0.0495. The summed E-state index contributed by atoms with van der Waals surface area (Å²) in [6.45, 7) is 0. The lowest BCUT2D eigenvalue weighted by molar-refractivity contribution is -0.123. The van der Waals surface area contributed by atoms with Crippen LogP contribution in [0.2, 0.25) is 5.02 Å². The van der Waals surface area contributed by atoms with Gasteiger partial charge in [0.05, 0.1) is 17.7 Å². The maximum Gasteiger partial charge on any atom is 0.345 e. The summed E-state index contributed by atoms with van der Waals surface area (Å²) in [4.78, 5) is 36.2. The van der Waals surface area contributed by atoms with Crippen molar-refractivity contribution >= 4 is 52.8 Å². The Kier molecular flexibility index (Phi) is 5.72. The fourth-order valence-corrected chi connectivity index (χ4v) is 2.81. The zero-order chi connectivity index (χ0) is 20.3. The van der Waals surface area contributed by atoms with Gasteiger partial charge in [0.15, 0.2) is 16.6 Å². The van der Waals surface area contributed by atoms with Crippen LogP contribution in [-0.4, -0.2) is 30.0 Å². The van der Waals surface area contributed by atoms with E-state index < -0.39 is 17.8 Å². The fraction of sp³-hybridized carbons (Fsp3) is 0.0526. The van der Waals surface area contributed by atoms with Crippen molar-refractivity contribution in [2.24, 2.45) is 0 Å². The van der Waals surface area contributed by atoms with Crippen molar-refractivity contribution in [3.63, 3.8) is 0 Å². The zero-order valence-electron chi connectivity index (χ0n) is 14.4. The van der Waals surface area contributed by atoms with Gasteiger partial charge in [-0.1, -0.05) is 29.8 Å². The standard InChI is InChI=1S/C19H13ClN2O5S/c1-26-15-9-10(8-12-16(23)21-19(28)22-17(12)24)6-7-14(15)27-18(25)11-4-2-3-5-13(11)20/h2-9H,1H3,(H2,21,22,23,24,28). The van der Waals surface area contributed by atoms with Crippen LogP contribution in [0.15, 0.2) is 48.0 Å². The van der Waals surface area contributed by atoms with Gasteiger partial charge in [-0.2, -0.15) is 0 Å². The van der Waals surface area contributed by atoms with E-state index in [0.29, 0.717) is 5.56 Å². The fourth-order valence-electron chi connectivity index (χ4n) is 2.41. The van der Waals surface area contributed by atoms with Gasteiger partial charge in [-0.15, -0.1) is 0 Å². The molecule has 1 aliphatic heterocycles. The summed E-state index contributed by atoms with van der Waals surface area (Å²) in [7, 11) is 1.40. The molecule has 1 saturated heterocycles. The van der Waals surface area contributed by atoms with E-state index >= 15 is 0 Å². The van der Waals surface area contributed by atoms with Crippen molar-refractivity contribution < 1.29 is 23.9 Å². The Hall–Kier alpha value is -3.23. The van der Waals surface area contributed by atoms with Crippen LogP contribution in [0.5, 0.6) is 11.5 Å². The first-order valence-electron chi connectivity index (χ1n) is 7.92. The van der Waals surface area contributed by atoms with Crippen LogP contribution < -0.4 is 20.1 Å². The highest BCUT2D eigenvalue weighted by Gasteiger charge is 2.25. The summed E-state index contributed by atoms with van der Waals surface area (Å²) in [5.41, 5.74) is 0.586. The van der Waals surface area contributed by atoms with E-state index in [-0.39, 0.29) is 32.8 Å². The molecule has 3 rings (SSSR count). The summed E-state index contributed by atoms with van der Waals surface area (Å²) >= 11 is 10.8. The van der Waals surface area contributed by atoms with Gasteiger partial charge in [0.1, 0.15) is 5.57 Å². The highest BCUT2D eigenvalue weighted by molar-refractivity contribution is 7.80. The number of carbonyl (C=O) groups excluding carboxylic acids is 3. The quantitative estimate of drug-likeness (QED) is 0.261. The summed E-state index contributed by atoms with van der Waals surface area (Å²) in [5, 5.41) is 4.91. The predicted molar refractivity (Wildman–Crippen MR) is 106 cm³/mol. The van der Waals surface area contributed by atoms with Gasteiger partial charge in [0.2, 0.25) is 0 Å². The average Bonchev–Trinajstić information content (AvgIpc) is 2.65. The Morgan fingerprint density at radius 2 is 1.75 bits per heavy atom. The number of ether oxygens (including phenoxy) is 2. The molecule has 2 N–H and O–H groups in total. The molecule has 7 nitrogen and oxygen atoms in total. The van der Waals surface area contributed by atoms with E-state index in [0.717, 1.165) is 0 Å².